The minimum atomic E-state index is -1.25. The molecule has 0 atom stereocenters. The second-order valence-electron chi connectivity index (χ2n) is 17.9. The number of hydrogen-bond donors (Lipinski definition) is 5. The number of amides is 4. The summed E-state index contributed by atoms with van der Waals surface area (Å²) in [4.78, 5) is 72.6. The lowest BCUT2D eigenvalue weighted by molar-refractivity contribution is -0.144. The molecule has 70 heavy (non-hydrogen) atoms. The van der Waals surface area contributed by atoms with Gasteiger partial charge in [0.1, 0.15) is 18.4 Å². The van der Waals surface area contributed by atoms with Gasteiger partial charge < -0.3 is 36.6 Å². The SMILES string of the molecule is Cc1ccc(CN(Cc2ccccc2)C(=O)C(=O)Nc2cnc(N)c3cn[nH]c23)nc1.Cc1ccc(CN(Cc2ccccc2)C(=O)C(=O)Nc2cnc(N)c3cnn(COCC[Si](C)(C)C)c23)nc1. The smallest absolute Gasteiger partial charge is 0.314 e. The van der Waals surface area contributed by atoms with Crippen LogP contribution < -0.4 is 22.1 Å². The number of ether oxygens (including phenoxy) is 1. The number of anilines is 4. The molecule has 6 heterocycles. The van der Waals surface area contributed by atoms with Crippen LogP contribution in [-0.4, -0.2) is 88.0 Å². The minimum absolute atomic E-state index is 0.180. The van der Waals surface area contributed by atoms with Crippen LogP contribution in [0.15, 0.2) is 122 Å². The number of nitrogens with zero attached hydrogens (tertiary/aromatic N) is 9. The number of carbonyl (C=O) groups excluding carboxylic acids is 4. The number of benzene rings is 2. The highest BCUT2D eigenvalue weighted by Gasteiger charge is 2.26. The molecule has 4 amide bonds. The third-order valence-electron chi connectivity index (χ3n) is 11.0. The Bertz CT molecular complexity index is 3070. The highest BCUT2D eigenvalue weighted by molar-refractivity contribution is 6.76. The number of H-pyrrole nitrogens is 1. The summed E-state index contributed by atoms with van der Waals surface area (Å²) >= 11 is 0. The summed E-state index contributed by atoms with van der Waals surface area (Å²) in [6.45, 7) is 12.4. The van der Waals surface area contributed by atoms with E-state index in [0.29, 0.717) is 51.2 Å². The van der Waals surface area contributed by atoms with Gasteiger partial charge in [-0.05, 0) is 54.3 Å². The molecule has 0 unspecified atom stereocenters. The summed E-state index contributed by atoms with van der Waals surface area (Å²) in [6.07, 6.45) is 9.40. The third-order valence-corrected chi connectivity index (χ3v) is 12.7. The molecule has 360 valence electrons. The number of rotatable bonds is 15. The van der Waals surface area contributed by atoms with Crippen molar-refractivity contribution in [1.82, 2.24) is 49.7 Å². The summed E-state index contributed by atoms with van der Waals surface area (Å²) in [7, 11) is -1.25. The number of aromatic amines is 1. The van der Waals surface area contributed by atoms with Gasteiger partial charge in [0.15, 0.2) is 0 Å². The number of fused-ring (bicyclic) bond motifs is 2. The highest BCUT2D eigenvalue weighted by Crippen LogP contribution is 2.27. The Morgan fingerprint density at radius 2 is 1.14 bits per heavy atom. The molecule has 20 heteroatoms. The van der Waals surface area contributed by atoms with E-state index in [-0.39, 0.29) is 44.5 Å². The van der Waals surface area contributed by atoms with Crippen LogP contribution in [0.5, 0.6) is 0 Å². The molecule has 0 radical (unpaired) electrons. The zero-order valence-electron chi connectivity index (χ0n) is 39.7. The quantitative estimate of drug-likeness (QED) is 0.0412. The predicted octanol–water partition coefficient (Wildman–Crippen LogP) is 6.61. The Balaban J connectivity index is 0.000000212. The van der Waals surface area contributed by atoms with Crippen molar-refractivity contribution in [2.24, 2.45) is 0 Å². The largest absolute Gasteiger partial charge is 0.383 e. The van der Waals surface area contributed by atoms with Crippen molar-refractivity contribution in [3.05, 3.63) is 156 Å². The predicted molar refractivity (Wildman–Crippen MR) is 271 cm³/mol. The summed E-state index contributed by atoms with van der Waals surface area (Å²) in [5.41, 5.74) is 18.8. The zero-order valence-corrected chi connectivity index (χ0v) is 40.7. The van der Waals surface area contributed by atoms with Gasteiger partial charge >= 0.3 is 23.6 Å². The van der Waals surface area contributed by atoms with Crippen LogP contribution in [0.2, 0.25) is 25.7 Å². The Labute approximate surface area is 405 Å². The first-order valence-corrected chi connectivity index (χ1v) is 26.2. The average molecular weight is 961 g/mol. The maximum atomic E-state index is 13.5. The number of nitrogen functional groups attached to an aromatic ring is 2. The molecule has 0 aliphatic heterocycles. The van der Waals surface area contributed by atoms with Crippen molar-refractivity contribution >= 4 is 76.5 Å². The van der Waals surface area contributed by atoms with Crippen molar-refractivity contribution in [3.63, 3.8) is 0 Å². The van der Waals surface area contributed by atoms with Crippen LogP contribution in [0.4, 0.5) is 23.0 Å². The molecule has 7 N–H and O–H groups in total. The highest BCUT2D eigenvalue weighted by atomic mass is 28.3. The number of nitrogens with two attached hydrogens (primary N) is 2. The van der Waals surface area contributed by atoms with E-state index in [1.807, 2.05) is 98.8 Å². The fraction of sp³-hybridized carbons (Fsp3) is 0.240. The molecular formula is C50H56N14O5Si. The van der Waals surface area contributed by atoms with Crippen molar-refractivity contribution in [2.75, 3.05) is 28.7 Å². The first kappa shape index (κ1) is 49.5. The van der Waals surface area contributed by atoms with Gasteiger partial charge in [0.05, 0.1) is 82.4 Å². The van der Waals surface area contributed by atoms with Crippen LogP contribution in [0, 0.1) is 13.8 Å². The molecule has 19 nitrogen and oxygen atoms in total. The van der Waals surface area contributed by atoms with Crippen molar-refractivity contribution in [3.8, 4) is 0 Å². The molecule has 8 rings (SSSR count). The van der Waals surface area contributed by atoms with E-state index < -0.39 is 31.7 Å². The lowest BCUT2D eigenvalue weighted by Crippen LogP contribution is -2.39. The molecule has 0 aliphatic carbocycles. The average Bonchev–Trinajstić information content (AvgIpc) is 4.03. The van der Waals surface area contributed by atoms with Gasteiger partial charge in [0, 0.05) is 40.2 Å². The Morgan fingerprint density at radius 3 is 1.66 bits per heavy atom. The molecule has 0 saturated heterocycles. The van der Waals surface area contributed by atoms with Crippen LogP contribution in [-0.2, 0) is 56.8 Å². The van der Waals surface area contributed by atoms with Crippen molar-refractivity contribution < 1.29 is 23.9 Å². The van der Waals surface area contributed by atoms with Crippen molar-refractivity contribution in [1.29, 1.82) is 0 Å². The Kier molecular flexibility index (Phi) is 16.0. The fourth-order valence-corrected chi connectivity index (χ4v) is 7.87. The maximum absolute atomic E-state index is 13.5. The number of pyridine rings is 4. The zero-order chi connectivity index (χ0) is 49.8. The second-order valence-corrected chi connectivity index (χ2v) is 23.5. The molecule has 0 aliphatic rings. The lowest BCUT2D eigenvalue weighted by Gasteiger charge is -2.22. The van der Waals surface area contributed by atoms with Gasteiger partial charge in [-0.1, -0.05) is 92.4 Å². The first-order valence-electron chi connectivity index (χ1n) is 22.5. The Morgan fingerprint density at radius 1 is 0.629 bits per heavy atom. The summed E-state index contributed by atoms with van der Waals surface area (Å²) in [6, 6.07) is 27.5. The molecule has 8 aromatic rings. The molecule has 0 spiro atoms. The standard InChI is InChI=1S/C28H35N7O3Si.C22H21N7O2/c1-20-10-11-22(30-14-20)18-34(17-21-8-6-5-7-9-21)28(37)27(36)33-24-16-31-26(29)23-15-32-35(25(23)24)19-38-12-13-39(2,3)4;1-14-7-8-16(24-9-14)13-29(12-15-5-3-2-4-6-15)22(31)21(30)27-18-11-25-20(23)17-10-26-28-19(17)18/h5-11,14-16H,12-13,17-19H2,1-4H3,(H2,29,31)(H,33,36);2-11H,12-13H2,1H3,(H2,23,25)(H,26,28)(H,27,30). The van der Waals surface area contributed by atoms with Crippen LogP contribution in [0.25, 0.3) is 21.8 Å². The molecule has 2 aromatic carbocycles. The molecule has 6 aromatic heterocycles. The lowest BCUT2D eigenvalue weighted by atomic mass is 10.2. The van der Waals surface area contributed by atoms with E-state index in [1.54, 1.807) is 23.3 Å². The van der Waals surface area contributed by atoms with Gasteiger partial charge in [-0.3, -0.25) is 34.2 Å². The molecule has 0 saturated carbocycles. The molecule has 0 fully saturated rings. The number of hydrogen-bond acceptors (Lipinski definition) is 13. The van der Waals surface area contributed by atoms with Gasteiger partial charge in [0.2, 0.25) is 0 Å². The van der Waals surface area contributed by atoms with E-state index in [2.05, 4.69) is 65.5 Å². The number of carbonyl (C=O) groups is 4. The maximum Gasteiger partial charge on any atom is 0.314 e. The van der Waals surface area contributed by atoms with E-state index in [1.165, 1.54) is 28.4 Å². The summed E-state index contributed by atoms with van der Waals surface area (Å²) in [5.74, 6) is -2.40. The van der Waals surface area contributed by atoms with E-state index >= 15 is 0 Å². The first-order chi connectivity index (χ1) is 33.6. The molecular weight excluding hydrogens is 905 g/mol. The topological polar surface area (TPSA) is 258 Å². The Hall–Kier alpha value is -8.36. The van der Waals surface area contributed by atoms with E-state index in [4.69, 9.17) is 16.2 Å². The molecule has 0 bridgehead atoms. The van der Waals surface area contributed by atoms with Gasteiger partial charge in [-0.15, -0.1) is 0 Å². The normalized spacial score (nSPS) is 11.2. The van der Waals surface area contributed by atoms with Gasteiger partial charge in [-0.2, -0.15) is 10.2 Å². The fourth-order valence-electron chi connectivity index (χ4n) is 7.11. The summed E-state index contributed by atoms with van der Waals surface area (Å²) in [5, 5.41) is 17.6. The van der Waals surface area contributed by atoms with Crippen LogP contribution >= 0.6 is 0 Å². The van der Waals surface area contributed by atoms with Gasteiger partial charge in [-0.25, -0.2) is 14.6 Å². The monoisotopic (exact) mass is 960 g/mol. The second kappa shape index (κ2) is 22.6. The van der Waals surface area contributed by atoms with E-state index in [0.717, 1.165) is 28.3 Å². The van der Waals surface area contributed by atoms with Gasteiger partial charge in [0.25, 0.3) is 0 Å². The van der Waals surface area contributed by atoms with Crippen LogP contribution in [0.1, 0.15) is 33.6 Å². The van der Waals surface area contributed by atoms with Crippen molar-refractivity contribution in [2.45, 2.75) is 72.4 Å². The minimum Gasteiger partial charge on any atom is -0.383 e. The number of nitrogens with one attached hydrogen (secondary N) is 3. The third kappa shape index (κ3) is 13.2. The number of aryl methyl sites for hydroxylation is 2. The van der Waals surface area contributed by atoms with E-state index in [9.17, 15) is 19.2 Å². The summed E-state index contributed by atoms with van der Waals surface area (Å²) < 4.78 is 7.49. The number of aromatic nitrogens is 8. The van der Waals surface area contributed by atoms with Crippen LogP contribution in [0.3, 0.4) is 0 Å².